The molecule has 8 heteroatoms. The fraction of sp³-hybridized carbons (Fsp3) is 0.862. The maximum absolute atomic E-state index is 12.0. The van der Waals surface area contributed by atoms with E-state index in [-0.39, 0.29) is 55.2 Å². The van der Waals surface area contributed by atoms with Gasteiger partial charge in [-0.2, -0.15) is 0 Å². The van der Waals surface area contributed by atoms with Crippen LogP contribution in [0.1, 0.15) is 155 Å². The topological polar surface area (TPSA) is 113 Å². The van der Waals surface area contributed by atoms with Crippen LogP contribution in [0.5, 0.6) is 0 Å². The molecule has 0 aliphatic rings. The molecule has 37 heavy (non-hydrogen) atoms. The zero-order valence-electron chi connectivity index (χ0n) is 23.2. The molecule has 1 atom stereocenters. The Hall–Kier alpha value is -0.760. The zero-order chi connectivity index (χ0) is 26.9. The molecule has 2 N–H and O–H groups in total. The minimum atomic E-state index is -1.10. The third-order valence-electron chi connectivity index (χ3n) is 6.37. The second-order valence-corrected chi connectivity index (χ2v) is 9.94. The summed E-state index contributed by atoms with van der Waals surface area (Å²) in [5.41, 5.74) is 5.73. The van der Waals surface area contributed by atoms with E-state index in [1.165, 1.54) is 77.0 Å². The molecule has 0 aromatic carbocycles. The molecule has 0 radical (unpaired) electrons. The van der Waals surface area contributed by atoms with Crippen LogP contribution >= 0.6 is 0 Å². The first-order valence-corrected chi connectivity index (χ1v) is 14.6. The normalized spacial score (nSPS) is 11.4. The molecule has 7 nitrogen and oxygen atoms in total. The summed E-state index contributed by atoms with van der Waals surface area (Å²) >= 11 is 0. The summed E-state index contributed by atoms with van der Waals surface area (Å²) in [6.45, 7) is 4.40. The third-order valence-corrected chi connectivity index (χ3v) is 6.37. The van der Waals surface area contributed by atoms with Crippen molar-refractivity contribution in [3.8, 4) is 0 Å². The molecule has 212 valence electrons. The van der Waals surface area contributed by atoms with Crippen molar-refractivity contribution in [2.75, 3.05) is 0 Å². The van der Waals surface area contributed by atoms with Crippen LogP contribution in [0, 0.1) is 0 Å². The van der Waals surface area contributed by atoms with Gasteiger partial charge in [-0.15, -0.1) is 0 Å². The van der Waals surface area contributed by atoms with E-state index in [0.717, 1.165) is 25.7 Å². The monoisotopic (exact) mass is 535 g/mol. The van der Waals surface area contributed by atoms with Crippen molar-refractivity contribution in [3.63, 3.8) is 0 Å². The predicted molar refractivity (Wildman–Crippen MR) is 150 cm³/mol. The third kappa shape index (κ3) is 26.6. The van der Waals surface area contributed by atoms with Gasteiger partial charge in [-0.3, -0.25) is 14.4 Å². The van der Waals surface area contributed by atoms with Crippen molar-refractivity contribution in [3.05, 3.63) is 0 Å². The number of carbonyl (C=O) groups excluding carboxylic acids is 4. The van der Waals surface area contributed by atoms with Gasteiger partial charge in [-0.25, -0.2) is 4.79 Å². The van der Waals surface area contributed by atoms with E-state index in [9.17, 15) is 19.2 Å². The van der Waals surface area contributed by atoms with Crippen molar-refractivity contribution in [2.45, 2.75) is 161 Å². The van der Waals surface area contributed by atoms with Gasteiger partial charge in [0.15, 0.2) is 0 Å². The minimum absolute atomic E-state index is 0. The molecule has 0 saturated heterocycles. The molecule has 0 aromatic rings. The maximum atomic E-state index is 12.0. The Labute approximate surface area is 248 Å². The molecule has 0 fully saturated rings. The van der Waals surface area contributed by atoms with Gasteiger partial charge in [0, 0.05) is 19.3 Å². The molecule has 1 unspecified atom stereocenters. The average Bonchev–Trinajstić information content (AvgIpc) is 2.85. The molecule has 0 amide bonds. The van der Waals surface area contributed by atoms with Gasteiger partial charge < -0.3 is 15.2 Å². The first-order valence-electron chi connectivity index (χ1n) is 14.6. The van der Waals surface area contributed by atoms with Gasteiger partial charge in [-0.1, -0.05) is 117 Å². The van der Waals surface area contributed by atoms with Crippen molar-refractivity contribution in [1.29, 1.82) is 0 Å². The Balaban J connectivity index is 0. The summed E-state index contributed by atoms with van der Waals surface area (Å²) in [6.07, 6.45) is 20.6. The van der Waals surface area contributed by atoms with Crippen LogP contribution in [0.25, 0.3) is 0 Å². The van der Waals surface area contributed by atoms with Crippen LogP contribution in [0.4, 0.5) is 0 Å². The standard InChI is InChI=1S/C29H53NO6.Na.H/c1-3-5-7-9-11-13-15-17-19-21-26(31)35-28(33)24-23-25(30)29(34)36-27(32)22-20-18-16-14-12-10-8-6-4-2;;/h25H,3-24,30H2,1-2H3;;. The number of hydrogen-bond donors (Lipinski definition) is 1. The predicted octanol–water partition coefficient (Wildman–Crippen LogP) is 6.43. The zero-order valence-corrected chi connectivity index (χ0v) is 23.2. The number of esters is 4. The SMILES string of the molecule is CCCCCCCCCCCC(=O)OC(=O)CCC(N)C(=O)OC(=O)CCCCCCCCCCC.[NaH]. The van der Waals surface area contributed by atoms with E-state index in [2.05, 4.69) is 13.8 Å². The molecule has 0 aliphatic heterocycles. The Bertz CT molecular complexity index is 599. The van der Waals surface area contributed by atoms with Crippen molar-refractivity contribution in [2.24, 2.45) is 5.73 Å². The van der Waals surface area contributed by atoms with Gasteiger partial charge in [-0.05, 0) is 19.3 Å². The van der Waals surface area contributed by atoms with Gasteiger partial charge in [0.25, 0.3) is 0 Å². The van der Waals surface area contributed by atoms with Crippen LogP contribution < -0.4 is 5.73 Å². The molecule has 0 aliphatic carbocycles. The number of unbranched alkanes of at least 4 members (excludes halogenated alkanes) is 16. The van der Waals surface area contributed by atoms with Crippen LogP contribution in [0.15, 0.2) is 0 Å². The van der Waals surface area contributed by atoms with Crippen molar-refractivity contribution < 1.29 is 28.7 Å². The van der Waals surface area contributed by atoms with E-state index in [0.29, 0.717) is 12.8 Å². The van der Waals surface area contributed by atoms with Gasteiger partial charge >= 0.3 is 53.4 Å². The second kappa shape index (κ2) is 28.3. The Morgan fingerprint density at radius 2 is 0.838 bits per heavy atom. The van der Waals surface area contributed by atoms with Gasteiger partial charge in [0.1, 0.15) is 6.04 Å². The molecular formula is C29H54NNaO6. The summed E-state index contributed by atoms with van der Waals surface area (Å²) in [6, 6.07) is -1.10. The second-order valence-electron chi connectivity index (χ2n) is 9.94. The molecule has 0 aromatic heterocycles. The quantitative estimate of drug-likeness (QED) is 0.0656. The number of nitrogens with two attached hydrogens (primary N) is 1. The Kier molecular flexibility index (Phi) is 29.3. The van der Waals surface area contributed by atoms with Crippen LogP contribution in [0.3, 0.4) is 0 Å². The summed E-state index contributed by atoms with van der Waals surface area (Å²) in [4.78, 5) is 47.4. The van der Waals surface area contributed by atoms with E-state index in [1.807, 2.05) is 0 Å². The summed E-state index contributed by atoms with van der Waals surface area (Å²) in [5.74, 6) is -2.68. The van der Waals surface area contributed by atoms with E-state index in [1.54, 1.807) is 0 Å². The van der Waals surface area contributed by atoms with Gasteiger partial charge in [0.05, 0.1) is 0 Å². The molecule has 0 spiro atoms. The molecule has 0 saturated carbocycles. The van der Waals surface area contributed by atoms with Crippen LogP contribution in [-0.4, -0.2) is 59.5 Å². The van der Waals surface area contributed by atoms with Crippen LogP contribution in [0.2, 0.25) is 0 Å². The number of hydrogen-bond acceptors (Lipinski definition) is 7. The summed E-state index contributed by atoms with van der Waals surface area (Å²) in [7, 11) is 0. The van der Waals surface area contributed by atoms with Crippen molar-refractivity contribution >= 4 is 53.4 Å². The Morgan fingerprint density at radius 3 is 1.24 bits per heavy atom. The number of ether oxygens (including phenoxy) is 2. The van der Waals surface area contributed by atoms with E-state index in [4.69, 9.17) is 15.2 Å². The fourth-order valence-corrected chi connectivity index (χ4v) is 4.02. The summed E-state index contributed by atoms with van der Waals surface area (Å²) in [5, 5.41) is 0. The average molecular weight is 536 g/mol. The summed E-state index contributed by atoms with van der Waals surface area (Å²) < 4.78 is 9.58. The van der Waals surface area contributed by atoms with Crippen molar-refractivity contribution in [1.82, 2.24) is 0 Å². The number of rotatable bonds is 24. The number of carbonyl (C=O) groups is 4. The van der Waals surface area contributed by atoms with Crippen LogP contribution in [-0.2, 0) is 28.7 Å². The Morgan fingerprint density at radius 1 is 0.514 bits per heavy atom. The van der Waals surface area contributed by atoms with E-state index < -0.39 is 29.9 Å². The fourth-order valence-electron chi connectivity index (χ4n) is 4.02. The molecule has 0 bridgehead atoms. The molecular weight excluding hydrogens is 481 g/mol. The first-order chi connectivity index (χ1) is 17.4. The first kappa shape index (κ1) is 38.4. The molecule has 0 heterocycles. The van der Waals surface area contributed by atoms with E-state index >= 15 is 0 Å². The van der Waals surface area contributed by atoms with Gasteiger partial charge in [0.2, 0.25) is 0 Å². The molecule has 0 rings (SSSR count).